The fourth-order valence-corrected chi connectivity index (χ4v) is 3.71. The SMILES string of the molecule is Cc1ccc(-c2nc(CC(=O)N3CCC[C@H](C(=O)O)C3)cs2)cc1. The van der Waals surface area contributed by atoms with Crippen molar-refractivity contribution in [3.8, 4) is 10.6 Å². The van der Waals surface area contributed by atoms with Gasteiger partial charge in [0, 0.05) is 24.0 Å². The number of thiazole rings is 1. The quantitative estimate of drug-likeness (QED) is 0.926. The highest BCUT2D eigenvalue weighted by Crippen LogP contribution is 2.25. The Kier molecular flexibility index (Phi) is 4.94. The summed E-state index contributed by atoms with van der Waals surface area (Å²) in [7, 11) is 0. The van der Waals surface area contributed by atoms with Gasteiger partial charge in [-0.15, -0.1) is 11.3 Å². The van der Waals surface area contributed by atoms with Crippen LogP contribution in [0.15, 0.2) is 29.6 Å². The van der Waals surface area contributed by atoms with E-state index in [-0.39, 0.29) is 12.3 Å². The second kappa shape index (κ2) is 7.13. The molecule has 3 rings (SSSR count). The first kappa shape index (κ1) is 16.6. The number of nitrogens with zero attached hydrogens (tertiary/aromatic N) is 2. The molecule has 0 saturated carbocycles. The number of rotatable bonds is 4. The van der Waals surface area contributed by atoms with E-state index in [9.17, 15) is 9.59 Å². The van der Waals surface area contributed by atoms with Crippen molar-refractivity contribution in [1.29, 1.82) is 0 Å². The molecule has 24 heavy (non-hydrogen) atoms. The zero-order valence-corrected chi connectivity index (χ0v) is 14.4. The number of carbonyl (C=O) groups excluding carboxylic acids is 1. The minimum atomic E-state index is -0.817. The number of carboxylic acid groups (broad SMARTS) is 1. The lowest BCUT2D eigenvalue weighted by atomic mass is 9.98. The summed E-state index contributed by atoms with van der Waals surface area (Å²) >= 11 is 1.53. The van der Waals surface area contributed by atoms with Gasteiger partial charge < -0.3 is 10.0 Å². The number of benzene rings is 1. The van der Waals surface area contributed by atoms with Crippen LogP contribution in [0.2, 0.25) is 0 Å². The second-order valence-electron chi connectivity index (χ2n) is 6.20. The van der Waals surface area contributed by atoms with Gasteiger partial charge in [-0.3, -0.25) is 9.59 Å². The van der Waals surface area contributed by atoms with Crippen molar-refractivity contribution in [2.24, 2.45) is 5.92 Å². The number of carbonyl (C=O) groups is 2. The van der Waals surface area contributed by atoms with Gasteiger partial charge in [-0.1, -0.05) is 29.8 Å². The summed E-state index contributed by atoms with van der Waals surface area (Å²) < 4.78 is 0. The van der Waals surface area contributed by atoms with Crippen LogP contribution in [-0.4, -0.2) is 40.0 Å². The average molecular weight is 344 g/mol. The van der Waals surface area contributed by atoms with Gasteiger partial charge in [-0.05, 0) is 19.8 Å². The molecule has 1 N–H and O–H groups in total. The summed E-state index contributed by atoms with van der Waals surface area (Å²) in [5.41, 5.74) is 3.00. The molecule has 1 fully saturated rings. The summed E-state index contributed by atoms with van der Waals surface area (Å²) in [6.07, 6.45) is 1.62. The molecule has 1 aromatic heterocycles. The van der Waals surface area contributed by atoms with Crippen LogP contribution >= 0.6 is 11.3 Å². The van der Waals surface area contributed by atoms with Gasteiger partial charge in [-0.2, -0.15) is 0 Å². The maximum atomic E-state index is 12.4. The molecule has 2 aromatic rings. The van der Waals surface area contributed by atoms with E-state index in [2.05, 4.69) is 4.98 Å². The van der Waals surface area contributed by atoms with Crippen molar-refractivity contribution < 1.29 is 14.7 Å². The number of hydrogen-bond donors (Lipinski definition) is 1. The van der Waals surface area contributed by atoms with Crippen molar-refractivity contribution in [2.75, 3.05) is 13.1 Å². The highest BCUT2D eigenvalue weighted by Gasteiger charge is 2.28. The number of likely N-dealkylation sites (tertiary alicyclic amines) is 1. The maximum absolute atomic E-state index is 12.4. The van der Waals surface area contributed by atoms with E-state index in [0.29, 0.717) is 19.5 Å². The number of aromatic nitrogens is 1. The third-order valence-electron chi connectivity index (χ3n) is 4.31. The number of piperidine rings is 1. The predicted molar refractivity (Wildman–Crippen MR) is 92.9 cm³/mol. The van der Waals surface area contributed by atoms with Crippen LogP contribution in [0.25, 0.3) is 10.6 Å². The number of hydrogen-bond acceptors (Lipinski definition) is 4. The van der Waals surface area contributed by atoms with Gasteiger partial charge in [0.05, 0.1) is 18.0 Å². The van der Waals surface area contributed by atoms with Crippen molar-refractivity contribution >= 4 is 23.2 Å². The van der Waals surface area contributed by atoms with Crippen molar-refractivity contribution in [1.82, 2.24) is 9.88 Å². The van der Waals surface area contributed by atoms with Gasteiger partial charge in [0.15, 0.2) is 0 Å². The molecule has 1 saturated heterocycles. The van der Waals surface area contributed by atoms with E-state index in [0.717, 1.165) is 22.7 Å². The smallest absolute Gasteiger partial charge is 0.308 e. The second-order valence-corrected chi connectivity index (χ2v) is 7.06. The van der Waals surface area contributed by atoms with Crippen LogP contribution in [0.4, 0.5) is 0 Å². The average Bonchev–Trinajstić information content (AvgIpc) is 3.04. The van der Waals surface area contributed by atoms with Crippen LogP contribution in [0.3, 0.4) is 0 Å². The van der Waals surface area contributed by atoms with Gasteiger partial charge in [0.1, 0.15) is 5.01 Å². The largest absolute Gasteiger partial charge is 0.481 e. The Morgan fingerprint density at radius 3 is 2.79 bits per heavy atom. The minimum absolute atomic E-state index is 0.0401. The van der Waals surface area contributed by atoms with Gasteiger partial charge in [0.25, 0.3) is 0 Å². The van der Waals surface area contributed by atoms with Gasteiger partial charge >= 0.3 is 5.97 Å². The van der Waals surface area contributed by atoms with E-state index in [1.165, 1.54) is 16.9 Å². The maximum Gasteiger partial charge on any atom is 0.308 e. The minimum Gasteiger partial charge on any atom is -0.481 e. The molecule has 1 atom stereocenters. The lowest BCUT2D eigenvalue weighted by Crippen LogP contribution is -2.43. The Bertz CT molecular complexity index is 739. The van der Waals surface area contributed by atoms with Crippen LogP contribution in [0.1, 0.15) is 24.1 Å². The molecule has 0 radical (unpaired) electrons. The zero-order chi connectivity index (χ0) is 17.1. The Labute approximate surface area is 145 Å². The normalized spacial score (nSPS) is 17.7. The highest BCUT2D eigenvalue weighted by atomic mass is 32.1. The number of amides is 1. The first-order chi connectivity index (χ1) is 11.5. The molecule has 1 aliphatic rings. The van der Waals surface area contributed by atoms with Crippen LogP contribution in [0, 0.1) is 12.8 Å². The van der Waals surface area contributed by atoms with Crippen molar-refractivity contribution in [3.63, 3.8) is 0 Å². The third kappa shape index (κ3) is 3.82. The van der Waals surface area contributed by atoms with E-state index >= 15 is 0 Å². The van der Waals surface area contributed by atoms with E-state index < -0.39 is 11.9 Å². The van der Waals surface area contributed by atoms with Crippen LogP contribution in [0.5, 0.6) is 0 Å². The number of aryl methyl sites for hydroxylation is 1. The first-order valence-corrected chi connectivity index (χ1v) is 8.93. The molecule has 0 bridgehead atoms. The van der Waals surface area contributed by atoms with Crippen LogP contribution < -0.4 is 0 Å². The summed E-state index contributed by atoms with van der Waals surface area (Å²) in [6.45, 7) is 2.99. The summed E-state index contributed by atoms with van der Waals surface area (Å²) in [6, 6.07) is 8.15. The van der Waals surface area contributed by atoms with Gasteiger partial charge in [-0.25, -0.2) is 4.98 Å². The zero-order valence-electron chi connectivity index (χ0n) is 13.6. The Balaban J connectivity index is 1.65. The molecule has 1 aromatic carbocycles. The molecule has 0 unspecified atom stereocenters. The summed E-state index contributed by atoms with van der Waals surface area (Å²) in [5, 5.41) is 11.9. The molecule has 126 valence electrons. The first-order valence-electron chi connectivity index (χ1n) is 8.05. The van der Waals surface area contributed by atoms with Crippen molar-refractivity contribution in [2.45, 2.75) is 26.2 Å². The third-order valence-corrected chi connectivity index (χ3v) is 5.25. The molecular formula is C18H20N2O3S. The highest BCUT2D eigenvalue weighted by molar-refractivity contribution is 7.13. The molecular weight excluding hydrogens is 324 g/mol. The molecule has 6 heteroatoms. The standard InChI is InChI=1S/C18H20N2O3S/c1-12-4-6-13(7-5-12)17-19-15(11-24-17)9-16(21)20-8-2-3-14(10-20)18(22)23/h4-7,11,14H,2-3,8-10H2,1H3,(H,22,23)/t14-/m0/s1. The fourth-order valence-electron chi connectivity index (χ4n) is 2.89. The number of carboxylic acids is 1. The van der Waals surface area contributed by atoms with E-state index in [1.54, 1.807) is 4.90 Å². The van der Waals surface area contributed by atoms with E-state index in [1.807, 2.05) is 36.6 Å². The molecule has 0 spiro atoms. The lowest BCUT2D eigenvalue weighted by molar-refractivity contribution is -0.145. The number of aliphatic carboxylic acids is 1. The monoisotopic (exact) mass is 344 g/mol. The topological polar surface area (TPSA) is 70.5 Å². The summed E-state index contributed by atoms with van der Waals surface area (Å²) in [4.78, 5) is 29.8. The molecule has 1 amide bonds. The lowest BCUT2D eigenvalue weighted by Gasteiger charge is -2.30. The molecule has 0 aliphatic carbocycles. The fraction of sp³-hybridized carbons (Fsp3) is 0.389. The van der Waals surface area contributed by atoms with Gasteiger partial charge in [0.2, 0.25) is 5.91 Å². The Morgan fingerprint density at radius 2 is 2.08 bits per heavy atom. The molecule has 2 heterocycles. The van der Waals surface area contributed by atoms with E-state index in [4.69, 9.17) is 5.11 Å². The Morgan fingerprint density at radius 1 is 1.33 bits per heavy atom. The molecule has 1 aliphatic heterocycles. The van der Waals surface area contributed by atoms with Crippen LogP contribution in [-0.2, 0) is 16.0 Å². The van der Waals surface area contributed by atoms with Crippen molar-refractivity contribution in [3.05, 3.63) is 40.9 Å². The summed E-state index contributed by atoms with van der Waals surface area (Å²) in [5.74, 6) is -1.30. The Hall–Kier alpha value is -2.21. The predicted octanol–water partition coefficient (Wildman–Crippen LogP) is 2.98. The molecule has 5 nitrogen and oxygen atoms in total.